The third-order valence-electron chi connectivity index (χ3n) is 1.96. The summed E-state index contributed by atoms with van der Waals surface area (Å²) in [6.45, 7) is 10.6. The van der Waals surface area contributed by atoms with Gasteiger partial charge in [-0.15, -0.1) is 0 Å². The molecule has 15 heavy (non-hydrogen) atoms. The third-order valence-corrected chi connectivity index (χ3v) is 3.08. The molecule has 1 aromatic heterocycles. The molecule has 0 unspecified atom stereocenters. The smallest absolute Gasteiger partial charge is 0.185 e. The molecule has 4 heteroatoms. The average Bonchev–Trinajstić information content (AvgIpc) is 1.99. The van der Waals surface area contributed by atoms with Crippen molar-refractivity contribution in [2.24, 2.45) is 0 Å². The van der Waals surface area contributed by atoms with Crippen LogP contribution in [0.3, 0.4) is 0 Å². The van der Waals surface area contributed by atoms with Gasteiger partial charge in [-0.05, 0) is 45.6 Å². The fourth-order valence-electron chi connectivity index (χ4n) is 1.59. The predicted molar refractivity (Wildman–Crippen MR) is 66.1 cm³/mol. The van der Waals surface area contributed by atoms with Crippen molar-refractivity contribution in [2.75, 3.05) is 5.73 Å². The van der Waals surface area contributed by atoms with E-state index in [1.807, 2.05) is 19.9 Å². The summed E-state index contributed by atoms with van der Waals surface area (Å²) in [6, 6.07) is 3.66. The number of aromatic nitrogens is 1. The van der Waals surface area contributed by atoms with E-state index in [4.69, 9.17) is 10.2 Å². The van der Waals surface area contributed by atoms with Gasteiger partial charge in [0.1, 0.15) is 0 Å². The zero-order valence-electron chi connectivity index (χ0n) is 10.2. The van der Waals surface area contributed by atoms with Gasteiger partial charge in [0, 0.05) is 11.9 Å². The third kappa shape index (κ3) is 3.64. The molecule has 0 fully saturated rings. The molecule has 1 rings (SSSR count). The lowest BCUT2D eigenvalue weighted by molar-refractivity contribution is 0.0952. The quantitative estimate of drug-likeness (QED) is 0.803. The van der Waals surface area contributed by atoms with Crippen molar-refractivity contribution in [3.63, 3.8) is 0 Å². The number of anilines is 1. The van der Waals surface area contributed by atoms with Crippen molar-refractivity contribution in [3.8, 4) is 0 Å². The van der Waals surface area contributed by atoms with Crippen LogP contribution >= 0.6 is 0 Å². The number of pyridine rings is 1. The van der Waals surface area contributed by atoms with Crippen LogP contribution in [0, 0.1) is 0 Å². The van der Waals surface area contributed by atoms with Crippen LogP contribution in [-0.2, 0) is 10.0 Å². The van der Waals surface area contributed by atoms with Gasteiger partial charge in [0.15, 0.2) is 8.32 Å². The molecule has 0 aliphatic carbocycles. The molecular formula is C11H20N2OSi. The van der Waals surface area contributed by atoms with E-state index in [9.17, 15) is 0 Å². The first-order valence-corrected chi connectivity index (χ1v) is 8.54. The first-order valence-electron chi connectivity index (χ1n) is 5.13. The molecule has 1 aromatic rings. The lowest BCUT2D eigenvalue weighted by Crippen LogP contribution is -2.37. The summed E-state index contributed by atoms with van der Waals surface area (Å²) in [7, 11) is -1.57. The van der Waals surface area contributed by atoms with Crippen LogP contribution in [0.5, 0.6) is 0 Å². The number of rotatable bonds is 3. The normalized spacial score (nSPS) is 12.9. The molecule has 0 amide bonds. The minimum Gasteiger partial charge on any atom is -0.407 e. The van der Waals surface area contributed by atoms with Crippen LogP contribution in [-0.4, -0.2) is 13.3 Å². The van der Waals surface area contributed by atoms with Crippen molar-refractivity contribution in [1.29, 1.82) is 0 Å². The number of nitrogens with zero attached hydrogens (tertiary/aromatic N) is 1. The lowest BCUT2D eigenvalue weighted by atomic mass is 10.0. The van der Waals surface area contributed by atoms with Crippen LogP contribution in [0.1, 0.15) is 19.5 Å². The highest BCUT2D eigenvalue weighted by Gasteiger charge is 2.29. The Kier molecular flexibility index (Phi) is 3.21. The molecule has 3 nitrogen and oxygen atoms in total. The minimum atomic E-state index is -1.57. The second-order valence-electron chi connectivity index (χ2n) is 5.20. The molecule has 1 heterocycles. The van der Waals surface area contributed by atoms with Crippen molar-refractivity contribution < 1.29 is 4.43 Å². The molecule has 0 saturated carbocycles. The maximum absolute atomic E-state index is 6.09. The Morgan fingerprint density at radius 3 is 2.40 bits per heavy atom. The van der Waals surface area contributed by atoms with E-state index in [-0.39, 0.29) is 5.60 Å². The summed E-state index contributed by atoms with van der Waals surface area (Å²) in [5.41, 5.74) is 7.00. The molecule has 84 valence electrons. The van der Waals surface area contributed by atoms with E-state index in [2.05, 4.69) is 24.6 Å². The highest BCUT2D eigenvalue weighted by atomic mass is 28.4. The fraction of sp³-hybridized carbons (Fsp3) is 0.545. The highest BCUT2D eigenvalue weighted by molar-refractivity contribution is 6.69. The van der Waals surface area contributed by atoms with E-state index in [1.165, 1.54) is 0 Å². The van der Waals surface area contributed by atoms with Gasteiger partial charge in [-0.1, -0.05) is 0 Å². The van der Waals surface area contributed by atoms with Crippen LogP contribution in [0.15, 0.2) is 18.3 Å². The molecule has 0 saturated heterocycles. The van der Waals surface area contributed by atoms with Crippen LogP contribution in [0.25, 0.3) is 0 Å². The molecule has 0 atom stereocenters. The van der Waals surface area contributed by atoms with Crippen molar-refractivity contribution >= 4 is 14.0 Å². The van der Waals surface area contributed by atoms with Gasteiger partial charge < -0.3 is 10.2 Å². The first kappa shape index (κ1) is 12.2. The van der Waals surface area contributed by atoms with Gasteiger partial charge in [-0.25, -0.2) is 0 Å². The van der Waals surface area contributed by atoms with Gasteiger partial charge >= 0.3 is 0 Å². The maximum atomic E-state index is 6.09. The summed E-state index contributed by atoms with van der Waals surface area (Å²) in [5, 5.41) is 0. The number of nitrogens with two attached hydrogens (primary N) is 1. The van der Waals surface area contributed by atoms with E-state index in [1.54, 1.807) is 12.3 Å². The SMILES string of the molecule is CC(C)(O[Si](C)(C)C)c1cc(N)ccn1. The van der Waals surface area contributed by atoms with Gasteiger partial charge in [0.05, 0.1) is 11.3 Å². The Bertz CT molecular complexity index is 345. The Hall–Kier alpha value is -0.873. The Morgan fingerprint density at radius 2 is 1.93 bits per heavy atom. The monoisotopic (exact) mass is 224 g/mol. The first-order chi connectivity index (χ1) is 6.71. The highest BCUT2D eigenvalue weighted by Crippen LogP contribution is 2.27. The molecule has 0 radical (unpaired) electrons. The standard InChI is InChI=1S/C11H20N2OSi/c1-11(2,14-15(3,4)5)10-8-9(12)6-7-13-10/h6-8H,1-5H3,(H2,12,13). The fourth-order valence-corrected chi connectivity index (χ4v) is 3.23. The summed E-state index contributed by atoms with van der Waals surface area (Å²) in [4.78, 5) is 4.31. The Labute approximate surface area is 92.8 Å². The molecule has 0 spiro atoms. The second-order valence-corrected chi connectivity index (χ2v) is 9.63. The van der Waals surface area contributed by atoms with Gasteiger partial charge in [-0.2, -0.15) is 0 Å². The van der Waals surface area contributed by atoms with Crippen molar-refractivity contribution in [2.45, 2.75) is 39.1 Å². The second kappa shape index (κ2) is 3.94. The molecule has 0 aromatic carbocycles. The average molecular weight is 224 g/mol. The Morgan fingerprint density at radius 1 is 1.33 bits per heavy atom. The minimum absolute atomic E-state index is 0.361. The summed E-state index contributed by atoms with van der Waals surface area (Å²) in [6.07, 6.45) is 1.72. The summed E-state index contributed by atoms with van der Waals surface area (Å²) in [5.74, 6) is 0. The maximum Gasteiger partial charge on any atom is 0.185 e. The van der Waals surface area contributed by atoms with Crippen molar-refractivity contribution in [3.05, 3.63) is 24.0 Å². The zero-order valence-corrected chi connectivity index (χ0v) is 11.2. The molecule has 0 bridgehead atoms. The number of nitrogen functional groups attached to an aromatic ring is 1. The van der Waals surface area contributed by atoms with E-state index in [0.29, 0.717) is 0 Å². The molecule has 0 aliphatic rings. The van der Waals surface area contributed by atoms with E-state index >= 15 is 0 Å². The van der Waals surface area contributed by atoms with Crippen LogP contribution < -0.4 is 5.73 Å². The van der Waals surface area contributed by atoms with E-state index < -0.39 is 8.32 Å². The topological polar surface area (TPSA) is 48.1 Å². The summed E-state index contributed by atoms with van der Waals surface area (Å²) >= 11 is 0. The molecular weight excluding hydrogens is 204 g/mol. The predicted octanol–water partition coefficient (Wildman–Crippen LogP) is 2.75. The zero-order chi connectivity index (χ0) is 11.7. The van der Waals surface area contributed by atoms with Crippen LogP contribution in [0.2, 0.25) is 19.6 Å². The van der Waals surface area contributed by atoms with Gasteiger partial charge in [0.25, 0.3) is 0 Å². The largest absolute Gasteiger partial charge is 0.407 e. The lowest BCUT2D eigenvalue weighted by Gasteiger charge is -2.32. The Balaban J connectivity index is 2.95. The van der Waals surface area contributed by atoms with E-state index in [0.717, 1.165) is 11.4 Å². The number of hydrogen-bond acceptors (Lipinski definition) is 3. The number of hydrogen-bond donors (Lipinski definition) is 1. The van der Waals surface area contributed by atoms with Crippen molar-refractivity contribution in [1.82, 2.24) is 4.98 Å². The summed E-state index contributed by atoms with van der Waals surface area (Å²) < 4.78 is 6.09. The van der Waals surface area contributed by atoms with Gasteiger partial charge in [0.2, 0.25) is 0 Å². The van der Waals surface area contributed by atoms with Gasteiger partial charge in [-0.3, -0.25) is 4.98 Å². The molecule has 0 aliphatic heterocycles. The molecule has 2 N–H and O–H groups in total. The van der Waals surface area contributed by atoms with Crippen LogP contribution in [0.4, 0.5) is 5.69 Å².